The van der Waals surface area contributed by atoms with Crippen molar-refractivity contribution in [1.82, 2.24) is 9.78 Å². The molecule has 1 aliphatic heterocycles. The molecule has 8 nitrogen and oxygen atoms in total. The van der Waals surface area contributed by atoms with Crippen LogP contribution in [0.5, 0.6) is 0 Å². The molecule has 0 bridgehead atoms. The highest BCUT2D eigenvalue weighted by atomic mass is 35.5. The largest absolute Gasteiger partial charge is 0.452 e. The number of halogens is 1. The molecule has 1 aromatic heterocycles. The van der Waals surface area contributed by atoms with Gasteiger partial charge in [-0.3, -0.25) is 4.79 Å². The Morgan fingerprint density at radius 1 is 1.24 bits per heavy atom. The molecule has 0 unspecified atom stereocenters. The van der Waals surface area contributed by atoms with Crippen LogP contribution in [-0.2, 0) is 24.2 Å². The average Bonchev–Trinajstić information content (AvgIpc) is 3.29. The number of amides is 1. The smallest absolute Gasteiger partial charge is 0.331 e. The SMILES string of the molecule is Cc1nn([C@@H]2CCS(=O)(=O)C2)c(Cl)c1/C=C/C(=O)OCC(=O)Nc1cccc2ccccc12. The van der Waals surface area contributed by atoms with Crippen molar-refractivity contribution < 1.29 is 22.7 Å². The Hall–Kier alpha value is -3.17. The van der Waals surface area contributed by atoms with Crippen LogP contribution in [0.4, 0.5) is 5.69 Å². The number of nitrogens with one attached hydrogen (secondary N) is 1. The molecule has 2 aromatic carbocycles. The molecular formula is C23H22ClN3O5S. The number of aromatic nitrogens is 2. The van der Waals surface area contributed by atoms with Crippen LogP contribution in [0.25, 0.3) is 16.8 Å². The van der Waals surface area contributed by atoms with Gasteiger partial charge >= 0.3 is 5.97 Å². The Morgan fingerprint density at radius 3 is 2.76 bits per heavy atom. The predicted octanol–water partition coefficient (Wildman–Crippen LogP) is 3.55. The molecule has 172 valence electrons. The van der Waals surface area contributed by atoms with Gasteiger partial charge in [0.25, 0.3) is 5.91 Å². The van der Waals surface area contributed by atoms with Gasteiger partial charge in [0, 0.05) is 22.7 Å². The number of ether oxygens (including phenoxy) is 1. The fraction of sp³-hybridized carbons (Fsp3) is 0.261. The molecule has 1 saturated heterocycles. The van der Waals surface area contributed by atoms with Crippen molar-refractivity contribution in [3.8, 4) is 0 Å². The molecule has 1 N–H and O–H groups in total. The van der Waals surface area contributed by atoms with Crippen LogP contribution in [0.1, 0.15) is 23.7 Å². The number of esters is 1. The normalized spacial score (nSPS) is 17.5. The van der Waals surface area contributed by atoms with Crippen molar-refractivity contribution in [3.63, 3.8) is 0 Å². The van der Waals surface area contributed by atoms with Crippen LogP contribution in [0.2, 0.25) is 5.15 Å². The Morgan fingerprint density at radius 2 is 2.00 bits per heavy atom. The fourth-order valence-corrected chi connectivity index (χ4v) is 5.86. The third kappa shape index (κ3) is 5.26. The molecule has 1 amide bonds. The quantitative estimate of drug-likeness (QED) is 0.421. The zero-order chi connectivity index (χ0) is 23.6. The summed E-state index contributed by atoms with van der Waals surface area (Å²) in [6, 6.07) is 12.9. The van der Waals surface area contributed by atoms with Gasteiger partial charge in [0.2, 0.25) is 0 Å². The Labute approximate surface area is 196 Å². The van der Waals surface area contributed by atoms with Gasteiger partial charge in [-0.05, 0) is 30.9 Å². The Bertz CT molecular complexity index is 1360. The van der Waals surface area contributed by atoms with Crippen LogP contribution in [0.15, 0.2) is 48.5 Å². The van der Waals surface area contributed by atoms with Gasteiger partial charge in [-0.15, -0.1) is 0 Å². The van der Waals surface area contributed by atoms with Crippen LogP contribution < -0.4 is 5.32 Å². The van der Waals surface area contributed by atoms with Gasteiger partial charge in [-0.2, -0.15) is 5.10 Å². The van der Waals surface area contributed by atoms with Gasteiger partial charge in [0.15, 0.2) is 16.4 Å². The standard InChI is InChI=1S/C23H22ClN3O5S/c1-15-18(23(24)27(26-15)17-11-12-33(30,31)14-17)9-10-22(29)32-13-21(28)25-20-8-4-6-16-5-2-3-7-19(16)20/h2-10,17H,11-14H2,1H3,(H,25,28)/b10-9+/t17-/m1/s1. The highest BCUT2D eigenvalue weighted by molar-refractivity contribution is 7.91. The highest BCUT2D eigenvalue weighted by Gasteiger charge is 2.31. The lowest BCUT2D eigenvalue weighted by atomic mass is 10.1. The summed E-state index contributed by atoms with van der Waals surface area (Å²) in [6.07, 6.45) is 3.06. The molecule has 2 heterocycles. The molecule has 0 aliphatic carbocycles. The summed E-state index contributed by atoms with van der Waals surface area (Å²) in [7, 11) is -3.09. The van der Waals surface area contributed by atoms with Gasteiger partial charge in [0.1, 0.15) is 5.15 Å². The van der Waals surface area contributed by atoms with Crippen LogP contribution in [-0.4, -0.2) is 48.2 Å². The lowest BCUT2D eigenvalue weighted by molar-refractivity contribution is -0.142. The number of benzene rings is 2. The summed E-state index contributed by atoms with van der Waals surface area (Å²) in [5, 5.41) is 9.21. The summed E-state index contributed by atoms with van der Waals surface area (Å²) in [5.41, 5.74) is 1.69. The maximum atomic E-state index is 12.2. The van der Waals surface area contributed by atoms with E-state index in [1.54, 1.807) is 13.0 Å². The lowest BCUT2D eigenvalue weighted by Crippen LogP contribution is -2.20. The number of sulfone groups is 1. The highest BCUT2D eigenvalue weighted by Crippen LogP contribution is 2.30. The molecule has 10 heteroatoms. The molecule has 0 spiro atoms. The number of fused-ring (bicyclic) bond motifs is 1. The van der Waals surface area contributed by atoms with Crippen molar-refractivity contribution in [2.24, 2.45) is 0 Å². The van der Waals surface area contributed by atoms with Crippen molar-refractivity contribution in [1.29, 1.82) is 0 Å². The van der Waals surface area contributed by atoms with E-state index < -0.39 is 28.3 Å². The lowest BCUT2D eigenvalue weighted by Gasteiger charge is -2.09. The third-order valence-electron chi connectivity index (χ3n) is 5.42. The van der Waals surface area contributed by atoms with Crippen molar-refractivity contribution in [2.45, 2.75) is 19.4 Å². The zero-order valence-electron chi connectivity index (χ0n) is 17.8. The molecule has 4 rings (SSSR count). The van der Waals surface area contributed by atoms with Crippen molar-refractivity contribution in [2.75, 3.05) is 23.4 Å². The maximum Gasteiger partial charge on any atom is 0.331 e. The molecule has 0 saturated carbocycles. The first-order valence-electron chi connectivity index (χ1n) is 10.3. The van der Waals surface area contributed by atoms with Gasteiger partial charge in [0.05, 0.1) is 23.2 Å². The summed E-state index contributed by atoms with van der Waals surface area (Å²) in [6.45, 7) is 1.27. The minimum absolute atomic E-state index is 0.00908. The number of carbonyl (C=O) groups is 2. The average molecular weight is 488 g/mol. The number of aryl methyl sites for hydroxylation is 1. The van der Waals surface area contributed by atoms with E-state index in [-0.39, 0.29) is 22.7 Å². The topological polar surface area (TPSA) is 107 Å². The van der Waals surface area contributed by atoms with E-state index in [9.17, 15) is 18.0 Å². The second-order valence-electron chi connectivity index (χ2n) is 7.81. The number of carbonyl (C=O) groups excluding carboxylic acids is 2. The Balaban J connectivity index is 1.36. The second-order valence-corrected chi connectivity index (χ2v) is 10.4. The third-order valence-corrected chi connectivity index (χ3v) is 7.55. The van der Waals surface area contributed by atoms with Gasteiger partial charge < -0.3 is 10.1 Å². The molecule has 1 aliphatic rings. The maximum absolute atomic E-state index is 12.2. The van der Waals surface area contributed by atoms with Crippen LogP contribution >= 0.6 is 11.6 Å². The molecule has 1 fully saturated rings. The fourth-order valence-electron chi connectivity index (χ4n) is 3.79. The monoisotopic (exact) mass is 487 g/mol. The zero-order valence-corrected chi connectivity index (χ0v) is 19.4. The number of hydrogen-bond donors (Lipinski definition) is 1. The summed E-state index contributed by atoms with van der Waals surface area (Å²) < 4.78 is 30.0. The van der Waals surface area contributed by atoms with E-state index in [4.69, 9.17) is 16.3 Å². The number of rotatable bonds is 6. The summed E-state index contributed by atoms with van der Waals surface area (Å²) in [4.78, 5) is 24.4. The van der Waals surface area contributed by atoms with E-state index in [0.717, 1.165) is 16.8 Å². The second kappa shape index (κ2) is 9.36. The number of nitrogens with zero attached hydrogens (tertiary/aromatic N) is 2. The number of anilines is 1. The van der Waals surface area contributed by atoms with E-state index in [0.29, 0.717) is 23.4 Å². The Kier molecular flexibility index (Phi) is 6.53. The van der Waals surface area contributed by atoms with Crippen LogP contribution in [0.3, 0.4) is 0 Å². The first-order chi connectivity index (χ1) is 15.7. The first-order valence-corrected chi connectivity index (χ1v) is 12.5. The van der Waals surface area contributed by atoms with E-state index in [2.05, 4.69) is 10.4 Å². The molecule has 0 radical (unpaired) electrons. The molecule has 33 heavy (non-hydrogen) atoms. The van der Waals surface area contributed by atoms with Gasteiger partial charge in [-0.25, -0.2) is 17.9 Å². The number of hydrogen-bond acceptors (Lipinski definition) is 6. The van der Waals surface area contributed by atoms with E-state index in [1.807, 2.05) is 36.4 Å². The predicted molar refractivity (Wildman–Crippen MR) is 127 cm³/mol. The van der Waals surface area contributed by atoms with E-state index >= 15 is 0 Å². The summed E-state index contributed by atoms with van der Waals surface area (Å²) >= 11 is 6.39. The molecule has 3 aromatic rings. The minimum Gasteiger partial charge on any atom is -0.452 e. The molecular weight excluding hydrogens is 466 g/mol. The molecule has 1 atom stereocenters. The van der Waals surface area contributed by atoms with Crippen molar-refractivity contribution in [3.05, 3.63) is 65.0 Å². The van der Waals surface area contributed by atoms with Crippen molar-refractivity contribution >= 4 is 55.9 Å². The van der Waals surface area contributed by atoms with E-state index in [1.165, 1.54) is 10.8 Å². The summed E-state index contributed by atoms with van der Waals surface area (Å²) in [5.74, 6) is -1.08. The minimum atomic E-state index is -3.09. The first kappa shape index (κ1) is 23.0. The van der Waals surface area contributed by atoms with Crippen LogP contribution in [0, 0.1) is 6.92 Å². The van der Waals surface area contributed by atoms with Gasteiger partial charge in [-0.1, -0.05) is 48.0 Å².